The van der Waals surface area contributed by atoms with Gasteiger partial charge in [0.05, 0.1) is 13.2 Å². The molecule has 1 saturated carbocycles. The van der Waals surface area contributed by atoms with E-state index >= 15 is 0 Å². The maximum absolute atomic E-state index is 9.28. The zero-order valence-corrected chi connectivity index (χ0v) is 12.0. The molecular formula is C16H24N2O2. The van der Waals surface area contributed by atoms with Crippen molar-refractivity contribution in [2.24, 2.45) is 5.41 Å². The molecule has 0 radical (unpaired) electrons. The average molecular weight is 276 g/mol. The molecule has 110 valence electrons. The van der Waals surface area contributed by atoms with E-state index < -0.39 is 0 Å². The summed E-state index contributed by atoms with van der Waals surface area (Å²) in [7, 11) is 0. The van der Waals surface area contributed by atoms with Crippen LogP contribution in [0.4, 0.5) is 5.69 Å². The Balaban J connectivity index is 1.48. The molecule has 4 nitrogen and oxygen atoms in total. The fourth-order valence-electron chi connectivity index (χ4n) is 2.69. The van der Waals surface area contributed by atoms with Crippen molar-refractivity contribution in [3.63, 3.8) is 0 Å². The highest BCUT2D eigenvalue weighted by atomic mass is 16.5. The Morgan fingerprint density at radius 1 is 1.15 bits per heavy atom. The van der Waals surface area contributed by atoms with Gasteiger partial charge in [0, 0.05) is 43.9 Å². The Morgan fingerprint density at radius 2 is 1.85 bits per heavy atom. The number of aliphatic hydroxyl groups excluding tert-OH is 1. The van der Waals surface area contributed by atoms with Gasteiger partial charge in [-0.3, -0.25) is 0 Å². The second kappa shape index (κ2) is 6.12. The van der Waals surface area contributed by atoms with E-state index in [0.29, 0.717) is 6.61 Å². The number of benzene rings is 1. The third-order valence-corrected chi connectivity index (χ3v) is 4.43. The predicted octanol–water partition coefficient (Wildman–Crippen LogP) is 1.39. The van der Waals surface area contributed by atoms with Gasteiger partial charge in [-0.25, -0.2) is 0 Å². The highest BCUT2D eigenvalue weighted by Gasteiger charge is 2.41. The normalized spacial score (nSPS) is 20.9. The van der Waals surface area contributed by atoms with Gasteiger partial charge >= 0.3 is 0 Å². The van der Waals surface area contributed by atoms with Gasteiger partial charge in [0.2, 0.25) is 0 Å². The molecule has 1 heterocycles. The number of anilines is 1. The average Bonchev–Trinajstić information content (AvgIpc) is 3.29. The first-order chi connectivity index (χ1) is 9.81. The fraction of sp³-hybridized carbons (Fsp3) is 0.625. The van der Waals surface area contributed by atoms with Gasteiger partial charge in [0.15, 0.2) is 0 Å². The van der Waals surface area contributed by atoms with Crippen molar-refractivity contribution >= 4 is 5.69 Å². The second-order valence-corrected chi connectivity index (χ2v) is 6.03. The Kier molecular flexibility index (Phi) is 4.24. The molecule has 0 amide bonds. The molecule has 20 heavy (non-hydrogen) atoms. The zero-order valence-electron chi connectivity index (χ0n) is 12.0. The SMILES string of the molecule is OCC1(CNCc2ccc(N3CCOCC3)cc2)CC1. The van der Waals surface area contributed by atoms with E-state index in [9.17, 15) is 5.11 Å². The lowest BCUT2D eigenvalue weighted by molar-refractivity contribution is 0.122. The molecule has 4 heteroatoms. The summed E-state index contributed by atoms with van der Waals surface area (Å²) >= 11 is 0. The lowest BCUT2D eigenvalue weighted by Gasteiger charge is -2.29. The van der Waals surface area contributed by atoms with E-state index in [4.69, 9.17) is 4.74 Å². The summed E-state index contributed by atoms with van der Waals surface area (Å²) in [6, 6.07) is 8.77. The molecule has 0 spiro atoms. The van der Waals surface area contributed by atoms with E-state index in [1.807, 2.05) is 0 Å². The van der Waals surface area contributed by atoms with Gasteiger partial charge in [-0.05, 0) is 30.5 Å². The predicted molar refractivity (Wildman–Crippen MR) is 79.9 cm³/mol. The van der Waals surface area contributed by atoms with E-state index in [2.05, 4.69) is 34.5 Å². The monoisotopic (exact) mass is 276 g/mol. The third-order valence-electron chi connectivity index (χ3n) is 4.43. The molecule has 1 aromatic rings. The summed E-state index contributed by atoms with van der Waals surface area (Å²) in [4.78, 5) is 2.37. The van der Waals surface area contributed by atoms with Crippen molar-refractivity contribution in [2.45, 2.75) is 19.4 Å². The third kappa shape index (κ3) is 3.32. The minimum Gasteiger partial charge on any atom is -0.396 e. The highest BCUT2D eigenvalue weighted by molar-refractivity contribution is 5.47. The van der Waals surface area contributed by atoms with E-state index in [0.717, 1.165) is 52.2 Å². The first-order valence-electron chi connectivity index (χ1n) is 7.55. The molecule has 1 saturated heterocycles. The van der Waals surface area contributed by atoms with Crippen molar-refractivity contribution in [2.75, 3.05) is 44.4 Å². The van der Waals surface area contributed by atoms with Crippen molar-refractivity contribution in [1.29, 1.82) is 0 Å². The van der Waals surface area contributed by atoms with E-state index in [1.54, 1.807) is 0 Å². The number of nitrogens with zero attached hydrogens (tertiary/aromatic N) is 1. The first kappa shape index (κ1) is 13.9. The second-order valence-electron chi connectivity index (χ2n) is 6.03. The standard InChI is InChI=1S/C16H24N2O2/c19-13-16(5-6-16)12-17-11-14-1-3-15(4-2-14)18-7-9-20-10-8-18/h1-4,17,19H,5-13H2. The largest absolute Gasteiger partial charge is 0.396 e. The molecular weight excluding hydrogens is 252 g/mol. The van der Waals surface area contributed by atoms with Gasteiger partial charge in [-0.1, -0.05) is 12.1 Å². The Bertz CT molecular complexity index is 423. The van der Waals surface area contributed by atoms with Crippen LogP contribution in [-0.2, 0) is 11.3 Å². The number of nitrogens with one attached hydrogen (secondary N) is 1. The summed E-state index contributed by atoms with van der Waals surface area (Å²) in [6.45, 7) is 5.74. The molecule has 2 aliphatic rings. The van der Waals surface area contributed by atoms with Gasteiger partial charge in [-0.15, -0.1) is 0 Å². The molecule has 0 aromatic heterocycles. The van der Waals surface area contributed by atoms with Crippen LogP contribution in [-0.4, -0.2) is 44.6 Å². The van der Waals surface area contributed by atoms with E-state index in [1.165, 1.54) is 11.3 Å². The van der Waals surface area contributed by atoms with Crippen LogP contribution in [0.2, 0.25) is 0 Å². The van der Waals surface area contributed by atoms with Gasteiger partial charge in [0.25, 0.3) is 0 Å². The van der Waals surface area contributed by atoms with Crippen LogP contribution in [0.3, 0.4) is 0 Å². The number of rotatable bonds is 6. The number of hydrogen-bond acceptors (Lipinski definition) is 4. The number of morpholine rings is 1. The molecule has 2 fully saturated rings. The molecule has 1 aliphatic carbocycles. The lowest BCUT2D eigenvalue weighted by Crippen LogP contribution is -2.36. The first-order valence-corrected chi connectivity index (χ1v) is 7.55. The van der Waals surface area contributed by atoms with Crippen molar-refractivity contribution < 1.29 is 9.84 Å². The van der Waals surface area contributed by atoms with Gasteiger partial charge in [-0.2, -0.15) is 0 Å². The number of aliphatic hydroxyl groups is 1. The summed E-state index contributed by atoms with van der Waals surface area (Å²) in [5.74, 6) is 0. The van der Waals surface area contributed by atoms with Crippen LogP contribution >= 0.6 is 0 Å². The van der Waals surface area contributed by atoms with Crippen LogP contribution in [0.5, 0.6) is 0 Å². The highest BCUT2D eigenvalue weighted by Crippen LogP contribution is 2.44. The topological polar surface area (TPSA) is 44.7 Å². The fourth-order valence-corrected chi connectivity index (χ4v) is 2.69. The van der Waals surface area contributed by atoms with Crippen molar-refractivity contribution in [3.8, 4) is 0 Å². The Morgan fingerprint density at radius 3 is 2.45 bits per heavy atom. The smallest absolute Gasteiger partial charge is 0.0642 e. The molecule has 1 aliphatic heterocycles. The van der Waals surface area contributed by atoms with Crippen LogP contribution in [0.1, 0.15) is 18.4 Å². The van der Waals surface area contributed by atoms with Crippen LogP contribution < -0.4 is 10.2 Å². The summed E-state index contributed by atoms with van der Waals surface area (Å²) in [5, 5.41) is 12.7. The minimum absolute atomic E-state index is 0.188. The minimum atomic E-state index is 0.188. The van der Waals surface area contributed by atoms with Crippen LogP contribution in [0.25, 0.3) is 0 Å². The van der Waals surface area contributed by atoms with Gasteiger partial charge < -0.3 is 20.1 Å². The van der Waals surface area contributed by atoms with Crippen LogP contribution in [0, 0.1) is 5.41 Å². The summed E-state index contributed by atoms with van der Waals surface area (Å²) in [6.07, 6.45) is 2.32. The Labute approximate surface area is 120 Å². The van der Waals surface area contributed by atoms with E-state index in [-0.39, 0.29) is 5.41 Å². The van der Waals surface area contributed by atoms with Crippen molar-refractivity contribution in [1.82, 2.24) is 5.32 Å². The molecule has 2 N–H and O–H groups in total. The Hall–Kier alpha value is -1.10. The number of ether oxygens (including phenoxy) is 1. The molecule has 0 unspecified atom stereocenters. The molecule has 1 aromatic carbocycles. The lowest BCUT2D eigenvalue weighted by atomic mass is 10.1. The van der Waals surface area contributed by atoms with Gasteiger partial charge in [0.1, 0.15) is 0 Å². The molecule has 0 bridgehead atoms. The zero-order chi connectivity index (χ0) is 13.8. The maximum Gasteiger partial charge on any atom is 0.0642 e. The molecule has 0 atom stereocenters. The van der Waals surface area contributed by atoms with Crippen molar-refractivity contribution in [3.05, 3.63) is 29.8 Å². The number of hydrogen-bond donors (Lipinski definition) is 2. The molecule has 3 rings (SSSR count). The maximum atomic E-state index is 9.28. The summed E-state index contributed by atoms with van der Waals surface area (Å²) < 4.78 is 5.37. The van der Waals surface area contributed by atoms with Crippen LogP contribution in [0.15, 0.2) is 24.3 Å². The summed E-state index contributed by atoms with van der Waals surface area (Å²) in [5.41, 5.74) is 2.77. The quantitative estimate of drug-likeness (QED) is 0.824.